The zero-order valence-electron chi connectivity index (χ0n) is 9.30. The molecule has 0 saturated carbocycles. The third-order valence-corrected chi connectivity index (χ3v) is 4.05. The lowest BCUT2D eigenvalue weighted by molar-refractivity contribution is -0.127. The molecule has 1 amide bonds. The minimum absolute atomic E-state index is 0.0147. The monoisotopic (exact) mass is 271 g/mol. The first-order valence-corrected chi connectivity index (χ1v) is 6.75. The molecule has 1 aromatic rings. The van der Waals surface area contributed by atoms with Crippen LogP contribution in [0.3, 0.4) is 0 Å². The summed E-state index contributed by atoms with van der Waals surface area (Å²) in [6.45, 7) is 0.782. The van der Waals surface area contributed by atoms with E-state index >= 15 is 0 Å². The maximum Gasteiger partial charge on any atom is 0.246 e. The molecule has 2 rings (SSSR count). The first-order chi connectivity index (χ1) is 8.20. The second-order valence-electron chi connectivity index (χ2n) is 3.99. The number of nitrogens with zero attached hydrogens (tertiary/aromatic N) is 1. The topological polar surface area (TPSA) is 40.5 Å². The molecular weight excluding hydrogens is 258 g/mol. The molecule has 2 heterocycles. The summed E-state index contributed by atoms with van der Waals surface area (Å²) >= 11 is 7.24. The first kappa shape index (κ1) is 12.6. The van der Waals surface area contributed by atoms with Gasteiger partial charge < -0.3 is 10.0 Å². The van der Waals surface area contributed by atoms with Gasteiger partial charge in [-0.2, -0.15) is 0 Å². The standard InChI is InChI=1S/C12H14ClNO2S/c13-11-5-3-10(17-11)4-6-12(16)14-7-1-2-9(14)8-15/h3-6,9,15H,1-2,7-8H2/t9-/m1/s1. The van der Waals surface area contributed by atoms with E-state index in [0.29, 0.717) is 4.34 Å². The van der Waals surface area contributed by atoms with E-state index in [1.54, 1.807) is 17.1 Å². The normalized spacial score (nSPS) is 20.4. The fraction of sp³-hybridized carbons (Fsp3) is 0.417. The van der Waals surface area contributed by atoms with Crippen molar-refractivity contribution in [3.8, 4) is 0 Å². The molecule has 0 unspecified atom stereocenters. The molecule has 1 atom stereocenters. The van der Waals surface area contributed by atoms with Crippen LogP contribution in [0.25, 0.3) is 6.08 Å². The van der Waals surface area contributed by atoms with Crippen molar-refractivity contribution in [1.29, 1.82) is 0 Å². The van der Waals surface area contributed by atoms with E-state index in [0.717, 1.165) is 24.3 Å². The Balaban J connectivity index is 1.99. The van der Waals surface area contributed by atoms with Crippen LogP contribution in [0.15, 0.2) is 18.2 Å². The summed E-state index contributed by atoms with van der Waals surface area (Å²) < 4.78 is 0.714. The van der Waals surface area contributed by atoms with E-state index in [1.807, 2.05) is 12.1 Å². The van der Waals surface area contributed by atoms with Crippen LogP contribution in [-0.4, -0.2) is 35.1 Å². The van der Waals surface area contributed by atoms with Crippen molar-refractivity contribution >= 4 is 34.9 Å². The van der Waals surface area contributed by atoms with Gasteiger partial charge in [-0.25, -0.2) is 0 Å². The van der Waals surface area contributed by atoms with Gasteiger partial charge in [0, 0.05) is 17.5 Å². The fourth-order valence-corrected chi connectivity index (χ4v) is 2.95. The van der Waals surface area contributed by atoms with Crippen molar-refractivity contribution in [1.82, 2.24) is 4.90 Å². The predicted octanol–water partition coefficient (Wildman–Crippen LogP) is 2.40. The summed E-state index contributed by atoms with van der Waals surface area (Å²) in [6, 6.07) is 3.67. The smallest absolute Gasteiger partial charge is 0.246 e. The van der Waals surface area contributed by atoms with Gasteiger partial charge in [-0.3, -0.25) is 4.79 Å². The van der Waals surface area contributed by atoms with E-state index in [2.05, 4.69) is 0 Å². The molecule has 1 aliphatic rings. The Bertz CT molecular complexity index is 430. The number of rotatable bonds is 3. The van der Waals surface area contributed by atoms with Crippen molar-refractivity contribution in [3.05, 3.63) is 27.4 Å². The van der Waals surface area contributed by atoms with Crippen molar-refractivity contribution in [2.24, 2.45) is 0 Å². The Morgan fingerprint density at radius 3 is 3.12 bits per heavy atom. The number of aliphatic hydroxyl groups is 1. The average molecular weight is 272 g/mol. The molecule has 1 fully saturated rings. The molecule has 3 nitrogen and oxygen atoms in total. The van der Waals surface area contributed by atoms with Crippen LogP contribution in [0.1, 0.15) is 17.7 Å². The molecule has 0 radical (unpaired) electrons. The molecule has 0 aromatic carbocycles. The Morgan fingerprint density at radius 1 is 1.65 bits per heavy atom. The van der Waals surface area contributed by atoms with Gasteiger partial charge >= 0.3 is 0 Å². The number of halogens is 1. The van der Waals surface area contributed by atoms with E-state index in [9.17, 15) is 4.79 Å². The predicted molar refractivity (Wildman–Crippen MR) is 70.2 cm³/mol. The Hall–Kier alpha value is -0.840. The largest absolute Gasteiger partial charge is 0.394 e. The van der Waals surface area contributed by atoms with Gasteiger partial charge in [0.2, 0.25) is 5.91 Å². The van der Waals surface area contributed by atoms with Crippen LogP contribution in [-0.2, 0) is 4.79 Å². The van der Waals surface area contributed by atoms with Gasteiger partial charge in [0.15, 0.2) is 0 Å². The van der Waals surface area contributed by atoms with Crippen molar-refractivity contribution in [2.75, 3.05) is 13.2 Å². The van der Waals surface area contributed by atoms with Crippen molar-refractivity contribution in [3.63, 3.8) is 0 Å². The molecule has 0 bridgehead atoms. The molecule has 0 aliphatic carbocycles. The van der Waals surface area contributed by atoms with Gasteiger partial charge in [-0.15, -0.1) is 11.3 Å². The summed E-state index contributed by atoms with van der Waals surface area (Å²) in [5.74, 6) is -0.0360. The molecule has 5 heteroatoms. The molecule has 1 saturated heterocycles. The van der Waals surface area contributed by atoms with Gasteiger partial charge in [-0.1, -0.05) is 11.6 Å². The van der Waals surface area contributed by atoms with E-state index in [-0.39, 0.29) is 18.6 Å². The number of amides is 1. The van der Waals surface area contributed by atoms with Crippen molar-refractivity contribution < 1.29 is 9.90 Å². The lowest BCUT2D eigenvalue weighted by Gasteiger charge is -2.21. The number of likely N-dealkylation sites (tertiary alicyclic amines) is 1. The van der Waals surface area contributed by atoms with Crippen LogP contribution < -0.4 is 0 Å². The second-order valence-corrected chi connectivity index (χ2v) is 5.73. The molecular formula is C12H14ClNO2S. The van der Waals surface area contributed by atoms with Gasteiger partial charge in [0.1, 0.15) is 0 Å². The Morgan fingerprint density at radius 2 is 2.47 bits per heavy atom. The van der Waals surface area contributed by atoms with Gasteiger partial charge in [-0.05, 0) is 31.1 Å². The minimum atomic E-state index is -0.0360. The Kier molecular flexibility index (Phi) is 4.20. The highest BCUT2D eigenvalue weighted by atomic mass is 35.5. The highest BCUT2D eigenvalue weighted by molar-refractivity contribution is 7.17. The zero-order chi connectivity index (χ0) is 12.3. The maximum absolute atomic E-state index is 11.9. The number of carbonyl (C=O) groups excluding carboxylic acids is 1. The average Bonchev–Trinajstić information content (AvgIpc) is 2.94. The SMILES string of the molecule is O=C(C=Cc1ccc(Cl)s1)N1CCC[C@@H]1CO. The van der Waals surface area contributed by atoms with E-state index < -0.39 is 0 Å². The van der Waals surface area contributed by atoms with Crippen LogP contribution >= 0.6 is 22.9 Å². The summed E-state index contributed by atoms with van der Waals surface area (Å²) in [6.07, 6.45) is 5.18. The lowest BCUT2D eigenvalue weighted by atomic mass is 10.2. The lowest BCUT2D eigenvalue weighted by Crippen LogP contribution is -2.36. The third kappa shape index (κ3) is 3.09. The van der Waals surface area contributed by atoms with Gasteiger partial charge in [0.05, 0.1) is 17.0 Å². The summed E-state index contributed by atoms with van der Waals surface area (Å²) in [7, 11) is 0. The van der Waals surface area contributed by atoms with Crippen LogP contribution in [0.2, 0.25) is 4.34 Å². The summed E-state index contributed by atoms with van der Waals surface area (Å²) in [4.78, 5) is 14.6. The zero-order valence-corrected chi connectivity index (χ0v) is 10.9. The number of carbonyl (C=O) groups is 1. The fourth-order valence-electron chi connectivity index (χ4n) is 1.98. The number of hydrogen-bond donors (Lipinski definition) is 1. The highest BCUT2D eigenvalue weighted by Gasteiger charge is 2.26. The molecule has 0 spiro atoms. The quantitative estimate of drug-likeness (QED) is 0.858. The molecule has 92 valence electrons. The molecule has 1 aromatic heterocycles. The molecule has 17 heavy (non-hydrogen) atoms. The van der Waals surface area contributed by atoms with Crippen LogP contribution in [0, 0.1) is 0 Å². The van der Waals surface area contributed by atoms with Crippen LogP contribution in [0.5, 0.6) is 0 Å². The van der Waals surface area contributed by atoms with Crippen molar-refractivity contribution in [2.45, 2.75) is 18.9 Å². The third-order valence-electron chi connectivity index (χ3n) is 2.86. The van der Waals surface area contributed by atoms with Gasteiger partial charge in [0.25, 0.3) is 0 Å². The first-order valence-electron chi connectivity index (χ1n) is 5.55. The van der Waals surface area contributed by atoms with Crippen LogP contribution in [0.4, 0.5) is 0 Å². The highest BCUT2D eigenvalue weighted by Crippen LogP contribution is 2.23. The number of hydrogen-bond acceptors (Lipinski definition) is 3. The maximum atomic E-state index is 11.9. The Labute approximate surface area is 109 Å². The number of thiophene rings is 1. The number of aliphatic hydroxyl groups excluding tert-OH is 1. The minimum Gasteiger partial charge on any atom is -0.394 e. The summed E-state index contributed by atoms with van der Waals surface area (Å²) in [5.41, 5.74) is 0. The molecule has 1 N–H and O–H groups in total. The van der Waals surface area contributed by atoms with E-state index in [1.165, 1.54) is 11.3 Å². The molecule has 1 aliphatic heterocycles. The van der Waals surface area contributed by atoms with E-state index in [4.69, 9.17) is 16.7 Å². The summed E-state index contributed by atoms with van der Waals surface area (Å²) in [5, 5.41) is 9.14. The second kappa shape index (κ2) is 5.67.